The highest BCUT2D eigenvalue weighted by Crippen LogP contribution is 2.67. The molecule has 24 rings (SSSR count). The zero-order valence-electron chi connectivity index (χ0n) is 85.2. The van der Waals surface area contributed by atoms with Crippen LogP contribution >= 0.6 is 0 Å². The van der Waals surface area contributed by atoms with Gasteiger partial charge in [-0.25, -0.2) is 22.4 Å². The van der Waals surface area contributed by atoms with E-state index in [1.807, 2.05) is 142 Å². The van der Waals surface area contributed by atoms with Crippen molar-refractivity contribution in [2.24, 2.45) is 104 Å². The first kappa shape index (κ1) is 107. The molecular formula is C121H141F6O14S3+3. The monoisotopic (exact) mass is 2030 g/mol. The zero-order chi connectivity index (χ0) is 103. The topological polar surface area (TPSA) is 195 Å². The second kappa shape index (κ2) is 43.5. The van der Waals surface area contributed by atoms with Gasteiger partial charge < -0.3 is 33.5 Å². The Morgan fingerprint density at radius 3 is 1.00 bits per heavy atom. The van der Waals surface area contributed by atoms with Crippen LogP contribution in [0.15, 0.2) is 299 Å². The van der Waals surface area contributed by atoms with E-state index in [4.69, 9.17) is 28.4 Å². The van der Waals surface area contributed by atoms with Crippen LogP contribution in [0.25, 0.3) is 0 Å². The van der Waals surface area contributed by atoms with E-state index in [9.17, 15) is 65.0 Å². The number of ether oxygens (including phenoxy) is 6. The van der Waals surface area contributed by atoms with Gasteiger partial charge in [0.05, 0.1) is 66.4 Å². The van der Waals surface area contributed by atoms with Crippen molar-refractivity contribution in [2.45, 2.75) is 317 Å². The van der Waals surface area contributed by atoms with Gasteiger partial charge >= 0.3 is 41.7 Å². The number of rotatable bonds is 26. The third kappa shape index (κ3) is 24.7. The molecule has 0 amide bonds. The molecule has 1 saturated heterocycles. The summed E-state index contributed by atoms with van der Waals surface area (Å²) in [5.41, 5.74) is -3.03. The summed E-state index contributed by atoms with van der Waals surface area (Å²) in [5, 5.41) is 10.4. The molecule has 15 fully saturated rings. The Morgan fingerprint density at radius 1 is 0.375 bits per heavy atom. The average Bonchev–Trinajstić information content (AvgIpc) is 1.52. The molecular weight excluding hydrogens is 1890 g/mol. The van der Waals surface area contributed by atoms with E-state index in [1.54, 1.807) is 0 Å². The van der Waals surface area contributed by atoms with Crippen molar-refractivity contribution in [3.8, 4) is 17.2 Å². The van der Waals surface area contributed by atoms with Crippen molar-refractivity contribution < 1.29 is 93.4 Å². The molecule has 144 heavy (non-hydrogen) atoms. The number of aliphatic hydroxyl groups is 1. The summed E-state index contributed by atoms with van der Waals surface area (Å²) >= 11 is 0. The van der Waals surface area contributed by atoms with Crippen LogP contribution < -0.4 is 14.2 Å². The molecule has 766 valence electrons. The minimum absolute atomic E-state index is 0.00319. The predicted molar refractivity (Wildman–Crippen MR) is 548 cm³/mol. The summed E-state index contributed by atoms with van der Waals surface area (Å²) in [4.78, 5) is 97.8. The van der Waals surface area contributed by atoms with Crippen molar-refractivity contribution in [2.75, 3.05) is 0 Å². The molecule has 10 atom stereocenters. The third-order valence-electron chi connectivity index (χ3n) is 33.1. The van der Waals surface area contributed by atoms with Crippen molar-refractivity contribution >= 4 is 74.3 Å². The minimum atomic E-state index is -3.65. The number of esters is 6. The molecule has 1 aliphatic heterocycles. The van der Waals surface area contributed by atoms with Crippen molar-refractivity contribution in [3.63, 3.8) is 0 Å². The summed E-state index contributed by atoms with van der Waals surface area (Å²) < 4.78 is 113. The fourth-order valence-corrected chi connectivity index (χ4v) is 32.2. The number of hydrogen-bond donors (Lipinski definition) is 1. The summed E-state index contributed by atoms with van der Waals surface area (Å²) in [6.07, 6.45) is 16.2. The van der Waals surface area contributed by atoms with Crippen molar-refractivity contribution in [1.29, 1.82) is 0 Å². The lowest BCUT2D eigenvalue weighted by atomic mass is 9.47. The van der Waals surface area contributed by atoms with E-state index in [0.717, 1.165) is 128 Å². The van der Waals surface area contributed by atoms with Gasteiger partial charge in [-0.3, -0.25) is 28.8 Å². The molecule has 14 bridgehead atoms. The first-order valence-corrected chi connectivity index (χ1v) is 55.5. The second-order valence-electron chi connectivity index (χ2n) is 45.7. The summed E-state index contributed by atoms with van der Waals surface area (Å²) in [7, 11) is -0.584. The van der Waals surface area contributed by atoms with Crippen LogP contribution in [0.2, 0.25) is 0 Å². The highest BCUT2D eigenvalue weighted by molar-refractivity contribution is 7.97. The van der Waals surface area contributed by atoms with Crippen LogP contribution in [0.1, 0.15) is 231 Å². The van der Waals surface area contributed by atoms with Crippen LogP contribution in [0.3, 0.4) is 0 Å². The molecule has 1 heterocycles. The number of Topliss-reactive ketones (excluding diaryl/α,β-unsaturated/α-hetero) is 1. The van der Waals surface area contributed by atoms with Gasteiger partial charge in [0.25, 0.3) is 0 Å². The third-order valence-corrected chi connectivity index (χ3v) is 39.8. The Labute approximate surface area is 854 Å². The van der Waals surface area contributed by atoms with E-state index in [0.29, 0.717) is 72.4 Å². The first-order chi connectivity index (χ1) is 68.2. The number of fused-ring (bicyclic) bond motifs is 1. The molecule has 14 nitrogen and oxygen atoms in total. The second-order valence-corrected chi connectivity index (χ2v) is 51.8. The van der Waals surface area contributed by atoms with Crippen molar-refractivity contribution in [1.82, 2.24) is 0 Å². The molecule has 1 N–H and O–H groups in total. The van der Waals surface area contributed by atoms with E-state index < -0.39 is 93.1 Å². The maximum Gasteiger partial charge on any atom is 0.377 e. The highest BCUT2D eigenvalue weighted by Gasteiger charge is 2.72. The molecule has 15 aliphatic rings. The maximum absolute atomic E-state index is 13.5. The zero-order valence-corrected chi connectivity index (χ0v) is 87.7. The average molecular weight is 2030 g/mol. The molecule has 9 aromatic carbocycles. The lowest BCUT2D eigenvalue weighted by Crippen LogP contribution is -2.59. The SMILES string of the molecule is CC(F)(F)C(=O)OC1C2CC3C1OC(=O)C3C2C(=O)OC1(C)C2CC3CC(C2)CC1C3.CC(F)(F)CC12CC3CC(C1)C(=O)C(C3)C2.CC(F)(F)CC12CC3CC(CC(O)(C3)C1)C2.CCC(C)(C)C(=O)Oc1ccc([S+](c2ccccc2)c2ccccc2)cc1.CCC(C)(C)C(=O)Oc1ccc([S+](c2ccccc2)c2ccccc2)cc1.CCC(C)(C)C(=O)Oc1ccc([S+](c2ccccc2)c2ccccc2)cc1. The van der Waals surface area contributed by atoms with Gasteiger partial charge in [0.1, 0.15) is 40.8 Å². The van der Waals surface area contributed by atoms with Crippen LogP contribution in [0.5, 0.6) is 17.2 Å². The standard InChI is InChI=1S/3C24H25O2S.C23H28F2O6.C13H20F2O.C13H18F2O/c3*1-4-24(2,3)23(25)26-19-15-17-22(18-16-19)27(20-11-7-5-8-12-20)21-13-9-6-10-14-21;1-22(11-4-9-3-10(6-11)7-12(22)5-9)31-20(27)16-14-8-13-15(16)19(26)29-17(13)18(14)30-21(28)23(2,24)25;1-11(14,15)7-12-3-9-2-10(4-12)6-13(16,5-9)8-12;1-12(14,15)7-13-4-8-2-9(5-13)11(16)10(3-8)6-13/h3*5-18H,4H2,1-3H3;9-18H,3-8H2,1-2H3;9-10,16H,2-8H2,1H3;8-10H,2-7H2,1H3/q3*+1;;;. The highest BCUT2D eigenvalue weighted by atomic mass is 32.2. The molecule has 0 aromatic heterocycles. The van der Waals surface area contributed by atoms with Gasteiger partial charge in [-0.2, -0.15) is 8.78 Å². The Balaban J connectivity index is 0.000000126. The van der Waals surface area contributed by atoms with Gasteiger partial charge in [0.15, 0.2) is 44.1 Å². The molecule has 14 saturated carbocycles. The van der Waals surface area contributed by atoms with Gasteiger partial charge in [-0.1, -0.05) is 130 Å². The van der Waals surface area contributed by atoms with E-state index in [-0.39, 0.29) is 92.0 Å². The van der Waals surface area contributed by atoms with Crippen molar-refractivity contribution in [3.05, 3.63) is 255 Å². The predicted octanol–water partition coefficient (Wildman–Crippen LogP) is 28.3. The van der Waals surface area contributed by atoms with Gasteiger partial charge in [0, 0.05) is 43.4 Å². The number of alkyl halides is 6. The van der Waals surface area contributed by atoms with Crippen LogP contribution in [-0.4, -0.2) is 87.9 Å². The molecule has 23 heteroatoms. The minimum Gasteiger partial charge on any atom is -0.459 e. The molecule has 9 aromatic rings. The number of hydrogen-bond acceptors (Lipinski definition) is 14. The Bertz CT molecular complexity index is 5380. The summed E-state index contributed by atoms with van der Waals surface area (Å²) in [6.45, 7) is 22.0. The number of benzene rings is 9. The fourth-order valence-electron chi connectivity index (χ4n) is 26.0. The smallest absolute Gasteiger partial charge is 0.377 e. The van der Waals surface area contributed by atoms with Crippen LogP contribution in [0, 0.1) is 104 Å². The molecule has 0 radical (unpaired) electrons. The quantitative estimate of drug-likeness (QED) is 0.0177. The van der Waals surface area contributed by atoms with Gasteiger partial charge in [-0.05, 0) is 389 Å². The van der Waals surface area contributed by atoms with E-state index >= 15 is 0 Å². The Morgan fingerprint density at radius 2 is 0.688 bits per heavy atom. The number of carbonyl (C=O) groups is 7. The van der Waals surface area contributed by atoms with Gasteiger partial charge in [-0.15, -0.1) is 0 Å². The van der Waals surface area contributed by atoms with E-state index in [2.05, 4.69) is 182 Å². The summed E-state index contributed by atoms with van der Waals surface area (Å²) in [6, 6.07) is 86.7. The van der Waals surface area contributed by atoms with Crippen LogP contribution in [0.4, 0.5) is 26.3 Å². The maximum atomic E-state index is 13.5. The molecule has 0 spiro atoms. The molecule has 10 unspecified atom stereocenters. The Hall–Kier alpha value is -9.94. The Kier molecular flexibility index (Phi) is 32.2. The lowest BCUT2D eigenvalue weighted by Gasteiger charge is -2.60. The van der Waals surface area contributed by atoms with Crippen LogP contribution in [-0.2, 0) is 80.5 Å². The fraction of sp³-hybridized carbons (Fsp3) is 0.496. The number of ketones is 1. The first-order valence-electron chi connectivity index (χ1n) is 51.8. The van der Waals surface area contributed by atoms with Gasteiger partial charge in [0.2, 0.25) is 11.8 Å². The molecule has 14 aliphatic carbocycles. The lowest BCUT2D eigenvalue weighted by molar-refractivity contribution is -0.212. The van der Waals surface area contributed by atoms with E-state index in [1.165, 1.54) is 56.9 Å². The summed E-state index contributed by atoms with van der Waals surface area (Å²) in [5.74, 6) is -8.13. The number of carbonyl (C=O) groups excluding carboxylic acids is 7. The number of halogens is 6. The largest absolute Gasteiger partial charge is 0.459 e. The normalized spacial score (nSPS) is 28.3.